The number of amides is 4. The molecular formula is C24H15Br2ClN2O6S. The molecule has 0 atom stereocenters. The number of urea groups is 1. The molecule has 0 saturated carbocycles. The molecule has 0 bridgehead atoms. The van der Waals surface area contributed by atoms with Crippen molar-refractivity contribution in [2.24, 2.45) is 0 Å². The van der Waals surface area contributed by atoms with Crippen LogP contribution >= 0.6 is 43.5 Å². The first-order valence-electron chi connectivity index (χ1n) is 10.1. The third-order valence-electron chi connectivity index (χ3n) is 5.03. The number of nitrogens with zero attached hydrogens (tertiary/aromatic N) is 1. The largest absolute Gasteiger partial charge is 0.377 e. The fourth-order valence-electron chi connectivity index (χ4n) is 3.28. The number of imide groups is 2. The number of hydrogen-bond donors (Lipinski definition) is 1. The molecule has 4 amide bonds. The lowest BCUT2D eigenvalue weighted by Gasteiger charge is -2.27. The van der Waals surface area contributed by atoms with E-state index in [0.717, 1.165) is 10.5 Å². The molecule has 0 unspecified atom stereocenters. The first kappa shape index (κ1) is 26.1. The fourth-order valence-corrected chi connectivity index (χ4v) is 6.06. The number of hydrogen-bond acceptors (Lipinski definition) is 6. The molecule has 0 spiro atoms. The smallest absolute Gasteiger partial charge is 0.339 e. The van der Waals surface area contributed by atoms with Crippen LogP contribution in [-0.2, 0) is 19.7 Å². The number of anilines is 1. The Morgan fingerprint density at radius 1 is 0.972 bits per heavy atom. The predicted molar refractivity (Wildman–Crippen MR) is 141 cm³/mol. The highest BCUT2D eigenvalue weighted by molar-refractivity contribution is 9.11. The van der Waals surface area contributed by atoms with Gasteiger partial charge in [0.1, 0.15) is 10.5 Å². The molecule has 1 aliphatic heterocycles. The van der Waals surface area contributed by atoms with Crippen LogP contribution in [0.1, 0.15) is 11.1 Å². The lowest BCUT2D eigenvalue weighted by Crippen LogP contribution is -2.54. The van der Waals surface area contributed by atoms with Gasteiger partial charge in [-0.2, -0.15) is 8.42 Å². The van der Waals surface area contributed by atoms with Gasteiger partial charge in [0.2, 0.25) is 0 Å². The monoisotopic (exact) mass is 652 g/mol. The van der Waals surface area contributed by atoms with Crippen LogP contribution in [0.4, 0.5) is 10.5 Å². The summed E-state index contributed by atoms with van der Waals surface area (Å²) in [5, 5.41) is 2.27. The van der Waals surface area contributed by atoms with Crippen LogP contribution in [0.2, 0.25) is 5.02 Å². The quantitative estimate of drug-likeness (QED) is 0.218. The molecule has 1 aliphatic rings. The average molecular weight is 655 g/mol. The SMILES string of the molecule is Cc1ccc(S(=O)(=O)Oc2c(Br)cc(/C=C3\C(=O)NC(=O)N(c4ccccc4Cl)C3=O)cc2Br)cc1. The number of nitrogens with one attached hydrogen (secondary N) is 1. The van der Waals surface area contributed by atoms with Crippen molar-refractivity contribution in [3.8, 4) is 5.75 Å². The van der Waals surface area contributed by atoms with E-state index in [0.29, 0.717) is 5.56 Å². The van der Waals surface area contributed by atoms with Gasteiger partial charge in [0.25, 0.3) is 11.8 Å². The summed E-state index contributed by atoms with van der Waals surface area (Å²) in [7, 11) is -4.13. The molecule has 1 N–H and O–H groups in total. The van der Waals surface area contributed by atoms with Crippen molar-refractivity contribution in [2.45, 2.75) is 11.8 Å². The maximum atomic E-state index is 13.1. The molecular weight excluding hydrogens is 640 g/mol. The van der Waals surface area contributed by atoms with Crippen LogP contribution in [0, 0.1) is 6.92 Å². The molecule has 184 valence electrons. The minimum atomic E-state index is -4.13. The minimum absolute atomic E-state index is 0.0214. The number of carbonyl (C=O) groups is 3. The van der Waals surface area contributed by atoms with Crippen LogP contribution in [-0.4, -0.2) is 26.3 Å². The summed E-state index contributed by atoms with van der Waals surface area (Å²) >= 11 is 12.7. The second kappa shape index (κ2) is 10.2. The number of halogens is 3. The fraction of sp³-hybridized carbons (Fsp3) is 0.0417. The zero-order chi connectivity index (χ0) is 26.2. The highest BCUT2D eigenvalue weighted by atomic mass is 79.9. The van der Waals surface area contributed by atoms with E-state index >= 15 is 0 Å². The minimum Gasteiger partial charge on any atom is -0.377 e. The van der Waals surface area contributed by atoms with Crippen molar-refractivity contribution in [1.29, 1.82) is 0 Å². The number of aryl methyl sites for hydroxylation is 1. The van der Waals surface area contributed by atoms with Crippen molar-refractivity contribution in [3.63, 3.8) is 0 Å². The van der Waals surface area contributed by atoms with E-state index in [4.69, 9.17) is 15.8 Å². The van der Waals surface area contributed by atoms with Gasteiger partial charge in [-0.1, -0.05) is 41.4 Å². The lowest BCUT2D eigenvalue weighted by atomic mass is 10.1. The average Bonchev–Trinajstić information content (AvgIpc) is 2.80. The second-order valence-corrected chi connectivity index (χ2v) is 11.2. The predicted octanol–water partition coefficient (Wildman–Crippen LogP) is 5.61. The van der Waals surface area contributed by atoms with Gasteiger partial charge in [-0.3, -0.25) is 14.9 Å². The van der Waals surface area contributed by atoms with Gasteiger partial charge in [0.15, 0.2) is 5.75 Å². The number of barbiturate groups is 1. The van der Waals surface area contributed by atoms with E-state index < -0.39 is 28.0 Å². The van der Waals surface area contributed by atoms with Crippen LogP contribution < -0.4 is 14.4 Å². The molecule has 3 aromatic rings. The lowest BCUT2D eigenvalue weighted by molar-refractivity contribution is -0.122. The molecule has 1 saturated heterocycles. The third-order valence-corrected chi connectivity index (χ3v) is 7.76. The Morgan fingerprint density at radius 2 is 1.58 bits per heavy atom. The van der Waals surface area contributed by atoms with E-state index in [1.165, 1.54) is 42.5 Å². The van der Waals surface area contributed by atoms with Crippen molar-refractivity contribution in [1.82, 2.24) is 5.32 Å². The summed E-state index contributed by atoms with van der Waals surface area (Å²) in [5.41, 5.74) is 1.03. The van der Waals surface area contributed by atoms with Crippen molar-refractivity contribution >= 4 is 83.2 Å². The van der Waals surface area contributed by atoms with Gasteiger partial charge in [-0.15, -0.1) is 0 Å². The highest BCUT2D eigenvalue weighted by Crippen LogP contribution is 2.38. The van der Waals surface area contributed by atoms with E-state index in [1.807, 2.05) is 6.92 Å². The summed E-state index contributed by atoms with van der Waals surface area (Å²) < 4.78 is 31.2. The first-order valence-corrected chi connectivity index (χ1v) is 13.5. The van der Waals surface area contributed by atoms with Gasteiger partial charge in [0.05, 0.1) is 19.7 Å². The van der Waals surface area contributed by atoms with Crippen molar-refractivity contribution in [3.05, 3.63) is 91.3 Å². The summed E-state index contributed by atoms with van der Waals surface area (Å²) in [6.07, 6.45) is 1.27. The summed E-state index contributed by atoms with van der Waals surface area (Å²) in [6.45, 7) is 1.83. The zero-order valence-electron chi connectivity index (χ0n) is 18.3. The molecule has 1 heterocycles. The normalized spacial score (nSPS) is 15.3. The van der Waals surface area contributed by atoms with Gasteiger partial charge >= 0.3 is 16.1 Å². The van der Waals surface area contributed by atoms with Crippen LogP contribution in [0.25, 0.3) is 6.08 Å². The Balaban J connectivity index is 1.68. The maximum absolute atomic E-state index is 13.1. The Morgan fingerprint density at radius 3 is 2.19 bits per heavy atom. The number of rotatable bonds is 5. The zero-order valence-corrected chi connectivity index (χ0v) is 23.0. The summed E-state index contributed by atoms with van der Waals surface area (Å²) in [6, 6.07) is 14.4. The van der Waals surface area contributed by atoms with Gasteiger partial charge in [-0.25, -0.2) is 9.69 Å². The number of para-hydroxylation sites is 1. The summed E-state index contributed by atoms with van der Waals surface area (Å²) in [5.74, 6) is -1.78. The first-order chi connectivity index (χ1) is 17.0. The number of benzene rings is 3. The summed E-state index contributed by atoms with van der Waals surface area (Å²) in [4.78, 5) is 38.7. The van der Waals surface area contributed by atoms with Gasteiger partial charge in [-0.05, 0) is 86.8 Å². The number of carbonyl (C=O) groups excluding carboxylic acids is 3. The third kappa shape index (κ3) is 5.24. The van der Waals surface area contributed by atoms with E-state index in [-0.39, 0.29) is 35.9 Å². The van der Waals surface area contributed by atoms with Gasteiger partial charge in [0, 0.05) is 0 Å². The standard InChI is InChI=1S/C24H15Br2ClN2O6S/c1-13-6-8-15(9-7-13)36(33,34)35-21-17(25)11-14(12-18(21)26)10-16-22(30)28-24(32)29(23(16)31)20-5-3-2-4-19(20)27/h2-12H,1H3,(H,28,30,32)/b16-10+. The molecule has 0 aliphatic carbocycles. The molecule has 0 aromatic heterocycles. The van der Waals surface area contributed by atoms with E-state index in [2.05, 4.69) is 37.2 Å². The molecule has 8 nitrogen and oxygen atoms in total. The highest BCUT2D eigenvalue weighted by Gasteiger charge is 2.37. The van der Waals surface area contributed by atoms with E-state index in [9.17, 15) is 22.8 Å². The van der Waals surface area contributed by atoms with E-state index in [1.54, 1.807) is 24.3 Å². The molecule has 4 rings (SSSR count). The topological polar surface area (TPSA) is 110 Å². The Bertz CT molecular complexity index is 1530. The molecule has 1 fully saturated rings. The van der Waals surface area contributed by atoms with Crippen LogP contribution in [0.3, 0.4) is 0 Å². The van der Waals surface area contributed by atoms with Crippen LogP contribution in [0.5, 0.6) is 5.75 Å². The molecule has 36 heavy (non-hydrogen) atoms. The Labute approximate surface area is 228 Å². The maximum Gasteiger partial charge on any atom is 0.339 e. The molecule has 12 heteroatoms. The molecule has 3 aromatic carbocycles. The second-order valence-electron chi connectivity index (χ2n) is 7.57. The Kier molecular flexibility index (Phi) is 7.37. The molecule has 0 radical (unpaired) electrons. The van der Waals surface area contributed by atoms with Gasteiger partial charge < -0.3 is 4.18 Å². The Hall–Kier alpha value is -2.99. The van der Waals surface area contributed by atoms with Crippen LogP contribution in [0.15, 0.2) is 80.1 Å². The van der Waals surface area contributed by atoms with Crippen molar-refractivity contribution in [2.75, 3.05) is 4.90 Å². The van der Waals surface area contributed by atoms with Crippen molar-refractivity contribution < 1.29 is 27.0 Å².